The Bertz CT molecular complexity index is 321. The molecule has 1 N–H and O–H groups in total. The van der Waals surface area contributed by atoms with Crippen molar-refractivity contribution in [1.82, 2.24) is 5.32 Å². The van der Waals surface area contributed by atoms with Crippen LogP contribution in [0.25, 0.3) is 0 Å². The highest BCUT2D eigenvalue weighted by molar-refractivity contribution is 5.75. The van der Waals surface area contributed by atoms with Gasteiger partial charge in [0.25, 0.3) is 6.02 Å². The molecule has 0 amide bonds. The second kappa shape index (κ2) is 4.13. The molecule has 0 aliphatic carbocycles. The number of aliphatic imine (C=N–C) groups is 1. The van der Waals surface area contributed by atoms with Gasteiger partial charge in [-0.3, -0.25) is 0 Å². The van der Waals surface area contributed by atoms with Crippen molar-refractivity contribution in [1.29, 1.82) is 0 Å². The average molecular weight is 190 g/mol. The Hall–Kier alpha value is -1.51. The first-order valence-electron chi connectivity index (χ1n) is 4.78. The third kappa shape index (κ3) is 2.05. The molecule has 0 spiro atoms. The minimum atomic E-state index is 0.357. The topological polar surface area (TPSA) is 33.6 Å². The van der Waals surface area contributed by atoms with Crippen LogP contribution in [0, 0.1) is 0 Å². The standard InChI is InChI=1S/C11H14N2O/c1-12-11-13-10(8-14-11)7-9-5-3-2-4-6-9/h2-6,10H,7-8H2,1H3,(H,12,13)/t10-/m1/s1. The Morgan fingerprint density at radius 3 is 2.86 bits per heavy atom. The SMILES string of the molecule is CN=C1N[C@H](Cc2ccccc2)CO1. The fourth-order valence-corrected chi connectivity index (χ4v) is 1.58. The van der Waals surface area contributed by atoms with Gasteiger partial charge >= 0.3 is 0 Å². The van der Waals surface area contributed by atoms with E-state index < -0.39 is 0 Å². The molecule has 74 valence electrons. The monoisotopic (exact) mass is 190 g/mol. The fraction of sp³-hybridized carbons (Fsp3) is 0.364. The number of rotatable bonds is 2. The lowest BCUT2D eigenvalue weighted by Crippen LogP contribution is -2.28. The van der Waals surface area contributed by atoms with Gasteiger partial charge in [-0.1, -0.05) is 30.3 Å². The normalized spacial score (nSPS) is 23.2. The van der Waals surface area contributed by atoms with Crippen LogP contribution in [0.1, 0.15) is 5.56 Å². The molecule has 0 bridgehead atoms. The predicted molar refractivity (Wildman–Crippen MR) is 56.4 cm³/mol. The number of hydrogen-bond acceptors (Lipinski definition) is 2. The van der Waals surface area contributed by atoms with Gasteiger partial charge in [-0.15, -0.1) is 0 Å². The van der Waals surface area contributed by atoms with E-state index in [-0.39, 0.29) is 0 Å². The molecular formula is C11H14N2O. The molecule has 0 aromatic heterocycles. The van der Waals surface area contributed by atoms with Gasteiger partial charge in [0.15, 0.2) is 0 Å². The molecule has 2 rings (SSSR count). The third-order valence-corrected chi connectivity index (χ3v) is 2.28. The van der Waals surface area contributed by atoms with Gasteiger partial charge in [-0.2, -0.15) is 0 Å². The minimum Gasteiger partial charge on any atom is -0.463 e. The summed E-state index contributed by atoms with van der Waals surface area (Å²) < 4.78 is 5.33. The summed E-state index contributed by atoms with van der Waals surface area (Å²) >= 11 is 0. The highest BCUT2D eigenvalue weighted by Crippen LogP contribution is 2.07. The molecule has 1 aromatic rings. The molecular weight excluding hydrogens is 176 g/mol. The Balaban J connectivity index is 1.94. The van der Waals surface area contributed by atoms with Crippen molar-refractivity contribution in [2.75, 3.05) is 13.7 Å². The van der Waals surface area contributed by atoms with Gasteiger partial charge in [0.2, 0.25) is 0 Å². The number of ether oxygens (including phenoxy) is 1. The van der Waals surface area contributed by atoms with Gasteiger partial charge < -0.3 is 10.1 Å². The largest absolute Gasteiger partial charge is 0.463 e. The Labute approximate surface area is 83.8 Å². The number of nitrogens with zero attached hydrogens (tertiary/aromatic N) is 1. The molecule has 1 saturated heterocycles. The lowest BCUT2D eigenvalue weighted by atomic mass is 10.1. The second-order valence-electron chi connectivity index (χ2n) is 3.37. The van der Waals surface area contributed by atoms with E-state index in [1.54, 1.807) is 7.05 Å². The van der Waals surface area contributed by atoms with Crippen LogP contribution in [0.2, 0.25) is 0 Å². The van der Waals surface area contributed by atoms with Crippen LogP contribution in [0.3, 0.4) is 0 Å². The van der Waals surface area contributed by atoms with Crippen molar-refractivity contribution in [3.05, 3.63) is 35.9 Å². The van der Waals surface area contributed by atoms with E-state index in [0.29, 0.717) is 18.7 Å². The molecule has 14 heavy (non-hydrogen) atoms. The fourth-order valence-electron chi connectivity index (χ4n) is 1.58. The first-order valence-corrected chi connectivity index (χ1v) is 4.78. The zero-order chi connectivity index (χ0) is 9.80. The predicted octanol–water partition coefficient (Wildman–Crippen LogP) is 1.20. The molecule has 3 nitrogen and oxygen atoms in total. The Morgan fingerprint density at radius 2 is 2.21 bits per heavy atom. The van der Waals surface area contributed by atoms with Crippen LogP contribution in [0.15, 0.2) is 35.3 Å². The summed E-state index contributed by atoms with van der Waals surface area (Å²) in [5.74, 6) is 0. The minimum absolute atomic E-state index is 0.357. The zero-order valence-electron chi connectivity index (χ0n) is 8.23. The van der Waals surface area contributed by atoms with Gasteiger partial charge in [-0.05, 0) is 12.0 Å². The van der Waals surface area contributed by atoms with E-state index in [9.17, 15) is 0 Å². The van der Waals surface area contributed by atoms with Crippen LogP contribution in [-0.4, -0.2) is 25.7 Å². The van der Waals surface area contributed by atoms with E-state index in [1.165, 1.54) is 5.56 Å². The van der Waals surface area contributed by atoms with Gasteiger partial charge in [0, 0.05) is 7.05 Å². The molecule has 0 unspecified atom stereocenters. The van der Waals surface area contributed by atoms with Crippen LogP contribution < -0.4 is 5.32 Å². The molecule has 0 saturated carbocycles. The number of hydrogen-bond donors (Lipinski definition) is 1. The number of nitrogens with one attached hydrogen (secondary N) is 1. The molecule has 1 fully saturated rings. The quantitative estimate of drug-likeness (QED) is 0.760. The third-order valence-electron chi connectivity index (χ3n) is 2.28. The second-order valence-corrected chi connectivity index (χ2v) is 3.37. The molecule has 3 heteroatoms. The summed E-state index contributed by atoms with van der Waals surface area (Å²) in [7, 11) is 1.73. The first kappa shape index (κ1) is 9.06. The van der Waals surface area contributed by atoms with E-state index in [4.69, 9.17) is 4.74 Å². The summed E-state index contributed by atoms with van der Waals surface area (Å²) in [6.45, 7) is 0.710. The van der Waals surface area contributed by atoms with Crippen LogP contribution >= 0.6 is 0 Å². The summed E-state index contributed by atoms with van der Waals surface area (Å²) in [5.41, 5.74) is 1.32. The molecule has 1 atom stereocenters. The number of benzene rings is 1. The van der Waals surface area contributed by atoms with Crippen LogP contribution in [0.5, 0.6) is 0 Å². The van der Waals surface area contributed by atoms with Crippen molar-refractivity contribution in [3.63, 3.8) is 0 Å². The average Bonchev–Trinajstić information content (AvgIpc) is 2.67. The van der Waals surface area contributed by atoms with E-state index in [1.807, 2.05) is 6.07 Å². The lowest BCUT2D eigenvalue weighted by molar-refractivity contribution is 0.324. The molecule has 1 aliphatic heterocycles. The Morgan fingerprint density at radius 1 is 1.43 bits per heavy atom. The number of amidine groups is 1. The van der Waals surface area contributed by atoms with Crippen molar-refractivity contribution in [2.45, 2.75) is 12.5 Å². The molecule has 0 radical (unpaired) electrons. The van der Waals surface area contributed by atoms with Gasteiger partial charge in [0.1, 0.15) is 6.61 Å². The van der Waals surface area contributed by atoms with Crippen LogP contribution in [0.4, 0.5) is 0 Å². The highest BCUT2D eigenvalue weighted by Gasteiger charge is 2.19. The maximum absolute atomic E-state index is 5.33. The molecule has 1 aliphatic rings. The van der Waals surface area contributed by atoms with Crippen molar-refractivity contribution in [2.24, 2.45) is 4.99 Å². The zero-order valence-corrected chi connectivity index (χ0v) is 8.23. The maximum atomic E-state index is 5.33. The summed E-state index contributed by atoms with van der Waals surface area (Å²) in [6, 6.07) is 11.4. The maximum Gasteiger partial charge on any atom is 0.284 e. The molecule has 1 heterocycles. The highest BCUT2D eigenvalue weighted by atomic mass is 16.5. The van der Waals surface area contributed by atoms with E-state index in [0.717, 1.165) is 6.42 Å². The van der Waals surface area contributed by atoms with Gasteiger partial charge in [0.05, 0.1) is 6.04 Å². The Kier molecular flexibility index (Phi) is 2.68. The molecule has 1 aromatic carbocycles. The van der Waals surface area contributed by atoms with Crippen molar-refractivity contribution < 1.29 is 4.74 Å². The van der Waals surface area contributed by atoms with Gasteiger partial charge in [-0.25, -0.2) is 4.99 Å². The first-order chi connectivity index (χ1) is 6.88. The van der Waals surface area contributed by atoms with Crippen LogP contribution in [-0.2, 0) is 11.2 Å². The van der Waals surface area contributed by atoms with Crippen molar-refractivity contribution >= 4 is 6.02 Å². The van der Waals surface area contributed by atoms with Crippen molar-refractivity contribution in [3.8, 4) is 0 Å². The summed E-state index contributed by atoms with van der Waals surface area (Å²) in [4.78, 5) is 3.96. The van der Waals surface area contributed by atoms with E-state index >= 15 is 0 Å². The summed E-state index contributed by atoms with van der Waals surface area (Å²) in [6.07, 6.45) is 0.986. The summed E-state index contributed by atoms with van der Waals surface area (Å²) in [5, 5.41) is 3.22. The van der Waals surface area contributed by atoms with E-state index in [2.05, 4.69) is 34.6 Å². The smallest absolute Gasteiger partial charge is 0.284 e. The lowest BCUT2D eigenvalue weighted by Gasteiger charge is -2.06.